The van der Waals surface area contributed by atoms with Gasteiger partial charge in [-0.25, -0.2) is 4.68 Å². The van der Waals surface area contributed by atoms with E-state index in [9.17, 15) is 4.79 Å². The van der Waals surface area contributed by atoms with Crippen molar-refractivity contribution in [1.82, 2.24) is 25.5 Å². The average molecular weight is 347 g/mol. The Bertz CT molecular complexity index is 657. The third kappa shape index (κ3) is 4.55. The number of ether oxygens (including phenoxy) is 1. The normalized spacial score (nSPS) is 18.5. The Labute approximate surface area is 145 Å². The molecule has 3 rings (SSSR count). The van der Waals surface area contributed by atoms with E-state index >= 15 is 0 Å². The van der Waals surface area contributed by atoms with Crippen LogP contribution < -0.4 is 5.32 Å². The van der Waals surface area contributed by atoms with Gasteiger partial charge in [-0.05, 0) is 35.8 Å². The molecule has 7 nitrogen and oxygen atoms in total. The highest BCUT2D eigenvalue weighted by Gasteiger charge is 2.21. The van der Waals surface area contributed by atoms with E-state index in [-0.39, 0.29) is 17.3 Å². The minimum Gasteiger partial charge on any atom is -0.376 e. The molecule has 8 heteroatoms. The zero-order valence-corrected chi connectivity index (χ0v) is 14.4. The molecular formula is C16H21N5O2S. The van der Waals surface area contributed by atoms with Crippen molar-refractivity contribution in [2.75, 3.05) is 13.2 Å². The second kappa shape index (κ2) is 8.25. The molecule has 1 fully saturated rings. The Hall–Kier alpha value is -1.93. The molecule has 1 aliphatic heterocycles. The van der Waals surface area contributed by atoms with Crippen molar-refractivity contribution in [2.24, 2.45) is 0 Å². The van der Waals surface area contributed by atoms with Gasteiger partial charge in [-0.2, -0.15) is 0 Å². The van der Waals surface area contributed by atoms with E-state index in [0.717, 1.165) is 25.0 Å². The van der Waals surface area contributed by atoms with E-state index in [4.69, 9.17) is 4.74 Å². The topological polar surface area (TPSA) is 81.9 Å². The number of carbonyl (C=O) groups is 1. The van der Waals surface area contributed by atoms with E-state index in [1.807, 2.05) is 37.3 Å². The van der Waals surface area contributed by atoms with Crippen molar-refractivity contribution < 1.29 is 9.53 Å². The molecule has 2 heterocycles. The van der Waals surface area contributed by atoms with Crippen molar-refractivity contribution in [2.45, 2.75) is 42.8 Å². The second-order valence-electron chi connectivity index (χ2n) is 5.74. The van der Waals surface area contributed by atoms with E-state index in [1.165, 1.54) is 11.8 Å². The lowest BCUT2D eigenvalue weighted by Gasteiger charge is -2.14. The van der Waals surface area contributed by atoms with Crippen molar-refractivity contribution >= 4 is 17.7 Å². The number of hydrogen-bond acceptors (Lipinski definition) is 6. The summed E-state index contributed by atoms with van der Waals surface area (Å²) in [5.74, 6) is -0.0234. The van der Waals surface area contributed by atoms with Crippen LogP contribution in [0.4, 0.5) is 0 Å². The summed E-state index contributed by atoms with van der Waals surface area (Å²) in [6, 6.07) is 9.97. The molecule has 0 saturated carbocycles. The lowest BCUT2D eigenvalue weighted by atomic mass is 10.2. The van der Waals surface area contributed by atoms with Crippen LogP contribution in [0.2, 0.25) is 0 Å². The maximum atomic E-state index is 12.2. The van der Waals surface area contributed by atoms with Crippen LogP contribution in [-0.2, 0) is 16.1 Å². The summed E-state index contributed by atoms with van der Waals surface area (Å²) in [6.45, 7) is 3.80. The fraction of sp³-hybridized carbons (Fsp3) is 0.500. The van der Waals surface area contributed by atoms with Gasteiger partial charge >= 0.3 is 0 Å². The number of amides is 1. The third-order valence-corrected chi connectivity index (χ3v) is 4.92. The predicted molar refractivity (Wildman–Crippen MR) is 90.7 cm³/mol. The van der Waals surface area contributed by atoms with Crippen LogP contribution in [-0.4, -0.2) is 50.6 Å². The lowest BCUT2D eigenvalue weighted by Crippen LogP contribution is -2.36. The SMILES string of the molecule is C[C@H](Sc1nnnn1Cc1ccccc1)C(=O)NC[C@@H]1CCCO1. The molecule has 1 aromatic carbocycles. The van der Waals surface area contributed by atoms with Crippen LogP contribution in [0.3, 0.4) is 0 Å². The van der Waals surface area contributed by atoms with E-state index in [1.54, 1.807) is 4.68 Å². The van der Waals surface area contributed by atoms with Crippen LogP contribution in [0.1, 0.15) is 25.3 Å². The summed E-state index contributed by atoms with van der Waals surface area (Å²) in [5.41, 5.74) is 1.11. The fourth-order valence-corrected chi connectivity index (χ4v) is 3.32. The van der Waals surface area contributed by atoms with Gasteiger partial charge < -0.3 is 10.1 Å². The molecule has 1 amide bonds. The van der Waals surface area contributed by atoms with Crippen molar-refractivity contribution in [1.29, 1.82) is 0 Å². The Morgan fingerprint density at radius 1 is 1.46 bits per heavy atom. The van der Waals surface area contributed by atoms with Crippen LogP contribution in [0.15, 0.2) is 35.5 Å². The molecule has 0 radical (unpaired) electrons. The summed E-state index contributed by atoms with van der Waals surface area (Å²) in [7, 11) is 0. The number of aromatic nitrogens is 4. The second-order valence-corrected chi connectivity index (χ2v) is 7.05. The molecule has 1 N–H and O–H groups in total. The summed E-state index contributed by atoms with van der Waals surface area (Å²) < 4.78 is 7.23. The molecule has 0 aliphatic carbocycles. The monoisotopic (exact) mass is 347 g/mol. The number of hydrogen-bond donors (Lipinski definition) is 1. The van der Waals surface area contributed by atoms with Gasteiger partial charge in [-0.15, -0.1) is 5.10 Å². The van der Waals surface area contributed by atoms with Crippen molar-refractivity contribution in [3.05, 3.63) is 35.9 Å². The average Bonchev–Trinajstić information content (AvgIpc) is 3.26. The Morgan fingerprint density at radius 2 is 2.29 bits per heavy atom. The van der Waals surface area contributed by atoms with Gasteiger partial charge in [0.05, 0.1) is 17.9 Å². The highest BCUT2D eigenvalue weighted by Crippen LogP contribution is 2.21. The van der Waals surface area contributed by atoms with E-state index < -0.39 is 0 Å². The van der Waals surface area contributed by atoms with Gasteiger partial charge in [0.1, 0.15) is 0 Å². The molecule has 1 aliphatic rings. The maximum absolute atomic E-state index is 12.2. The molecule has 128 valence electrons. The van der Waals surface area contributed by atoms with Gasteiger partial charge in [-0.3, -0.25) is 4.79 Å². The summed E-state index contributed by atoms with van der Waals surface area (Å²) >= 11 is 1.36. The highest BCUT2D eigenvalue weighted by molar-refractivity contribution is 8.00. The minimum atomic E-state index is -0.271. The number of rotatable bonds is 7. The molecule has 1 saturated heterocycles. The number of benzene rings is 1. The van der Waals surface area contributed by atoms with Crippen molar-refractivity contribution in [3.63, 3.8) is 0 Å². The first-order chi connectivity index (χ1) is 11.7. The first kappa shape index (κ1) is 16.9. The summed E-state index contributed by atoms with van der Waals surface area (Å²) in [4.78, 5) is 12.2. The molecule has 24 heavy (non-hydrogen) atoms. The number of carbonyl (C=O) groups excluding carboxylic acids is 1. The van der Waals surface area contributed by atoms with Crippen molar-refractivity contribution in [3.8, 4) is 0 Å². The summed E-state index contributed by atoms with van der Waals surface area (Å²) in [5, 5.41) is 15.1. The molecule has 1 aromatic heterocycles. The number of nitrogens with one attached hydrogen (secondary N) is 1. The first-order valence-electron chi connectivity index (χ1n) is 8.08. The standard InChI is InChI=1S/C16H21N5O2S/c1-12(15(22)17-10-14-8-5-9-23-14)24-16-18-19-20-21(16)11-13-6-3-2-4-7-13/h2-4,6-7,12,14H,5,8-11H2,1H3,(H,17,22)/t12-,14-/m0/s1. The minimum absolute atomic E-state index is 0.0234. The van der Waals surface area contributed by atoms with Gasteiger partial charge in [0.15, 0.2) is 0 Å². The Morgan fingerprint density at radius 3 is 3.04 bits per heavy atom. The molecule has 0 bridgehead atoms. The van der Waals surface area contributed by atoms with Crippen LogP contribution in [0.5, 0.6) is 0 Å². The highest BCUT2D eigenvalue weighted by atomic mass is 32.2. The fourth-order valence-electron chi connectivity index (χ4n) is 2.51. The molecule has 2 atom stereocenters. The van der Waals surface area contributed by atoms with E-state index in [0.29, 0.717) is 18.2 Å². The summed E-state index contributed by atoms with van der Waals surface area (Å²) in [6.07, 6.45) is 2.23. The number of tetrazole rings is 1. The van der Waals surface area contributed by atoms with Crippen LogP contribution in [0.25, 0.3) is 0 Å². The maximum Gasteiger partial charge on any atom is 0.233 e. The van der Waals surface area contributed by atoms with Crippen LogP contribution in [0, 0.1) is 0 Å². The zero-order valence-electron chi connectivity index (χ0n) is 13.6. The molecule has 0 spiro atoms. The Kier molecular flexibility index (Phi) is 5.81. The van der Waals surface area contributed by atoms with Gasteiger partial charge in [-0.1, -0.05) is 42.1 Å². The predicted octanol–water partition coefficient (Wildman–Crippen LogP) is 1.50. The smallest absolute Gasteiger partial charge is 0.233 e. The molecule has 0 unspecified atom stereocenters. The molecule has 2 aromatic rings. The third-order valence-electron chi connectivity index (χ3n) is 3.85. The first-order valence-corrected chi connectivity index (χ1v) is 8.96. The zero-order chi connectivity index (χ0) is 16.8. The number of thioether (sulfide) groups is 1. The van der Waals surface area contributed by atoms with Gasteiger partial charge in [0.2, 0.25) is 11.1 Å². The van der Waals surface area contributed by atoms with Crippen LogP contribution >= 0.6 is 11.8 Å². The van der Waals surface area contributed by atoms with Gasteiger partial charge in [0, 0.05) is 13.2 Å². The Balaban J connectivity index is 1.53. The quantitative estimate of drug-likeness (QED) is 0.765. The number of nitrogens with zero attached hydrogens (tertiary/aromatic N) is 4. The van der Waals surface area contributed by atoms with Gasteiger partial charge in [0.25, 0.3) is 0 Å². The largest absolute Gasteiger partial charge is 0.376 e. The van der Waals surface area contributed by atoms with E-state index in [2.05, 4.69) is 20.8 Å². The lowest BCUT2D eigenvalue weighted by molar-refractivity contribution is -0.120. The molecular weight excluding hydrogens is 326 g/mol.